The number of aliphatic imine (C=N–C) groups is 1. The minimum atomic E-state index is 0.246. The molecule has 5 nitrogen and oxygen atoms in total. The minimum Gasteiger partial charge on any atom is -0.351 e. The van der Waals surface area contributed by atoms with Crippen molar-refractivity contribution in [3.8, 4) is 0 Å². The average molecular weight is 351 g/mol. The highest BCUT2D eigenvalue weighted by atomic mass is 15.2. The van der Waals surface area contributed by atoms with Crippen molar-refractivity contribution < 1.29 is 0 Å². The Labute approximate surface area is 156 Å². The Morgan fingerprint density at radius 2 is 1.88 bits per heavy atom. The zero-order chi connectivity index (χ0) is 18.4. The summed E-state index contributed by atoms with van der Waals surface area (Å²) in [5.74, 6) is 2.79. The molecule has 0 bridgehead atoms. The number of nitrogens with zero attached hydrogens (tertiary/aromatic N) is 4. The standard InChI is InChI=1S/C21H29N5/c1-4-22-20-24-19(15(2)3)25-21(26-20)23-18-13-9-8-12-17(18)14-16-10-6-5-7-11-16/h4-7,10-11,15,17-18H,8-9,12-14H2,1-3H3,(H,23,24,25,26). The zero-order valence-electron chi connectivity index (χ0n) is 16.0. The fraction of sp³-hybridized carbons (Fsp3) is 0.524. The minimum absolute atomic E-state index is 0.246. The summed E-state index contributed by atoms with van der Waals surface area (Å²) in [6.07, 6.45) is 7.78. The van der Waals surface area contributed by atoms with E-state index < -0.39 is 0 Å². The number of benzene rings is 1. The van der Waals surface area contributed by atoms with Gasteiger partial charge in [0.15, 0.2) is 0 Å². The summed E-state index contributed by atoms with van der Waals surface area (Å²) < 4.78 is 0. The maximum atomic E-state index is 4.64. The van der Waals surface area contributed by atoms with Crippen LogP contribution in [-0.4, -0.2) is 27.2 Å². The van der Waals surface area contributed by atoms with Crippen molar-refractivity contribution >= 4 is 18.1 Å². The monoisotopic (exact) mass is 351 g/mol. The second-order valence-electron chi connectivity index (χ2n) is 7.34. The lowest BCUT2D eigenvalue weighted by Gasteiger charge is -2.32. The van der Waals surface area contributed by atoms with E-state index in [2.05, 4.69) is 69.4 Å². The second-order valence-corrected chi connectivity index (χ2v) is 7.34. The van der Waals surface area contributed by atoms with Crippen molar-refractivity contribution in [1.29, 1.82) is 0 Å². The normalized spacial score (nSPS) is 20.6. The van der Waals surface area contributed by atoms with Gasteiger partial charge in [-0.15, -0.1) is 0 Å². The first-order valence-electron chi connectivity index (χ1n) is 9.71. The van der Waals surface area contributed by atoms with Crippen molar-refractivity contribution in [1.82, 2.24) is 15.0 Å². The molecule has 2 atom stereocenters. The smallest absolute Gasteiger partial charge is 0.254 e. The SMILES string of the molecule is CC=Nc1nc(NC2CCCCC2Cc2ccccc2)nc(C(C)C)n1. The first-order chi connectivity index (χ1) is 12.7. The molecule has 1 saturated carbocycles. The van der Waals surface area contributed by atoms with Crippen LogP contribution in [0.2, 0.25) is 0 Å². The third-order valence-corrected chi connectivity index (χ3v) is 4.97. The van der Waals surface area contributed by atoms with Crippen LogP contribution in [0.3, 0.4) is 0 Å². The number of hydrogen-bond donors (Lipinski definition) is 1. The van der Waals surface area contributed by atoms with Crippen molar-refractivity contribution in [2.24, 2.45) is 10.9 Å². The van der Waals surface area contributed by atoms with E-state index in [9.17, 15) is 0 Å². The summed E-state index contributed by atoms with van der Waals surface area (Å²) in [7, 11) is 0. The molecular formula is C21H29N5. The molecule has 1 N–H and O–H groups in total. The van der Waals surface area contributed by atoms with E-state index >= 15 is 0 Å². The lowest BCUT2D eigenvalue weighted by molar-refractivity contribution is 0.322. The van der Waals surface area contributed by atoms with Crippen LogP contribution in [0.4, 0.5) is 11.9 Å². The first kappa shape index (κ1) is 18.5. The van der Waals surface area contributed by atoms with E-state index in [0.29, 0.717) is 23.9 Å². The van der Waals surface area contributed by atoms with Crippen molar-refractivity contribution in [2.45, 2.75) is 64.8 Å². The third kappa shape index (κ3) is 4.87. The molecule has 1 aromatic carbocycles. The highest BCUT2D eigenvalue weighted by molar-refractivity contribution is 5.57. The van der Waals surface area contributed by atoms with E-state index in [4.69, 9.17) is 0 Å². The summed E-state index contributed by atoms with van der Waals surface area (Å²) in [5.41, 5.74) is 1.40. The fourth-order valence-electron chi connectivity index (χ4n) is 3.60. The third-order valence-electron chi connectivity index (χ3n) is 4.97. The molecule has 5 heteroatoms. The van der Waals surface area contributed by atoms with Gasteiger partial charge in [0.25, 0.3) is 5.95 Å². The molecule has 0 aliphatic heterocycles. The first-order valence-corrected chi connectivity index (χ1v) is 9.71. The number of nitrogens with one attached hydrogen (secondary N) is 1. The molecule has 0 saturated heterocycles. The van der Waals surface area contributed by atoms with Gasteiger partial charge in [0.05, 0.1) is 0 Å². The van der Waals surface area contributed by atoms with E-state index in [0.717, 1.165) is 18.7 Å². The van der Waals surface area contributed by atoms with Crippen LogP contribution in [0.5, 0.6) is 0 Å². The molecule has 1 aliphatic rings. The van der Waals surface area contributed by atoms with Gasteiger partial charge in [-0.25, -0.2) is 4.99 Å². The molecule has 1 fully saturated rings. The maximum absolute atomic E-state index is 4.64. The van der Waals surface area contributed by atoms with Gasteiger partial charge in [0.1, 0.15) is 5.82 Å². The number of aromatic nitrogens is 3. The molecular weight excluding hydrogens is 322 g/mol. The fourth-order valence-corrected chi connectivity index (χ4v) is 3.60. The van der Waals surface area contributed by atoms with E-state index in [1.807, 2.05) is 6.92 Å². The second kappa shape index (κ2) is 8.88. The van der Waals surface area contributed by atoms with Crippen LogP contribution in [0, 0.1) is 5.92 Å². The van der Waals surface area contributed by atoms with Gasteiger partial charge in [0.2, 0.25) is 5.95 Å². The molecule has 138 valence electrons. The summed E-state index contributed by atoms with van der Waals surface area (Å²) in [5, 5.41) is 3.61. The van der Waals surface area contributed by atoms with E-state index in [1.54, 1.807) is 6.21 Å². The molecule has 1 aliphatic carbocycles. The summed E-state index contributed by atoms with van der Waals surface area (Å²) in [4.78, 5) is 17.9. The van der Waals surface area contributed by atoms with E-state index in [1.165, 1.54) is 24.8 Å². The lowest BCUT2D eigenvalue weighted by Crippen LogP contribution is -2.34. The molecule has 2 aromatic rings. The molecule has 26 heavy (non-hydrogen) atoms. The highest BCUT2D eigenvalue weighted by Crippen LogP contribution is 2.30. The van der Waals surface area contributed by atoms with Crippen LogP contribution in [0.1, 0.15) is 63.8 Å². The topological polar surface area (TPSA) is 63.1 Å². The number of anilines is 1. The predicted molar refractivity (Wildman–Crippen MR) is 107 cm³/mol. The van der Waals surface area contributed by atoms with Gasteiger partial charge in [-0.3, -0.25) is 0 Å². The number of hydrogen-bond acceptors (Lipinski definition) is 5. The predicted octanol–water partition coefficient (Wildman–Crippen LogP) is 4.93. The van der Waals surface area contributed by atoms with Gasteiger partial charge < -0.3 is 5.32 Å². The largest absolute Gasteiger partial charge is 0.351 e. The molecule has 1 heterocycles. The van der Waals surface area contributed by atoms with Gasteiger partial charge in [-0.2, -0.15) is 15.0 Å². The Morgan fingerprint density at radius 3 is 2.62 bits per heavy atom. The molecule has 3 rings (SSSR count). The Balaban J connectivity index is 1.78. The quantitative estimate of drug-likeness (QED) is 0.750. The Bertz CT molecular complexity index is 726. The van der Waals surface area contributed by atoms with Crippen molar-refractivity contribution in [3.05, 3.63) is 41.7 Å². The molecule has 1 aromatic heterocycles. The van der Waals surface area contributed by atoms with Crippen LogP contribution in [0.25, 0.3) is 0 Å². The number of rotatable bonds is 6. The summed E-state index contributed by atoms with van der Waals surface area (Å²) >= 11 is 0. The average Bonchev–Trinajstić information content (AvgIpc) is 2.64. The Hall–Kier alpha value is -2.30. The van der Waals surface area contributed by atoms with Crippen molar-refractivity contribution in [2.75, 3.05) is 5.32 Å². The Morgan fingerprint density at radius 1 is 1.12 bits per heavy atom. The van der Waals surface area contributed by atoms with Gasteiger partial charge >= 0.3 is 0 Å². The molecule has 0 amide bonds. The molecule has 0 radical (unpaired) electrons. The lowest BCUT2D eigenvalue weighted by atomic mass is 9.81. The van der Waals surface area contributed by atoms with E-state index in [-0.39, 0.29) is 5.92 Å². The van der Waals surface area contributed by atoms with Gasteiger partial charge in [-0.05, 0) is 37.7 Å². The van der Waals surface area contributed by atoms with Crippen LogP contribution >= 0.6 is 0 Å². The maximum Gasteiger partial charge on any atom is 0.254 e. The Kier molecular flexibility index (Phi) is 6.31. The van der Waals surface area contributed by atoms with Crippen LogP contribution in [0.15, 0.2) is 35.3 Å². The summed E-state index contributed by atoms with van der Waals surface area (Å²) in [6.45, 7) is 6.07. The van der Waals surface area contributed by atoms with Crippen LogP contribution in [-0.2, 0) is 6.42 Å². The zero-order valence-corrected chi connectivity index (χ0v) is 16.0. The highest BCUT2D eigenvalue weighted by Gasteiger charge is 2.26. The molecule has 2 unspecified atom stereocenters. The summed E-state index contributed by atoms with van der Waals surface area (Å²) in [6, 6.07) is 11.2. The van der Waals surface area contributed by atoms with Crippen LogP contribution < -0.4 is 5.32 Å². The van der Waals surface area contributed by atoms with Gasteiger partial charge in [0, 0.05) is 18.2 Å². The van der Waals surface area contributed by atoms with Crippen molar-refractivity contribution in [3.63, 3.8) is 0 Å². The molecule has 0 spiro atoms. The van der Waals surface area contributed by atoms with Gasteiger partial charge in [-0.1, -0.05) is 57.0 Å².